The largest absolute Gasteiger partial charge is 0.357 e. The Morgan fingerprint density at radius 2 is 1.97 bits per heavy atom. The maximum atomic E-state index is 12.4. The van der Waals surface area contributed by atoms with Crippen LogP contribution in [0.3, 0.4) is 0 Å². The van der Waals surface area contributed by atoms with E-state index in [0.29, 0.717) is 36.7 Å². The Morgan fingerprint density at radius 1 is 1.18 bits per heavy atom. The zero-order valence-electron chi connectivity index (χ0n) is 19.4. The van der Waals surface area contributed by atoms with Gasteiger partial charge in [-0.2, -0.15) is 0 Å². The molecule has 3 rings (SSSR count). The van der Waals surface area contributed by atoms with E-state index in [-0.39, 0.29) is 48.3 Å². The van der Waals surface area contributed by atoms with Crippen molar-refractivity contribution >= 4 is 47.4 Å². The number of likely N-dealkylation sites (tertiary alicyclic amines) is 1. The molecule has 180 valence electrons. The molecular formula is C26H32IN5O2. The van der Waals surface area contributed by atoms with Gasteiger partial charge >= 0.3 is 0 Å². The zero-order valence-corrected chi connectivity index (χ0v) is 21.8. The zero-order chi connectivity index (χ0) is 23.5. The standard InChI is InChI=1S/C26H31N5O2.HI/c1-3-20-11-8-12-23(15-20)30-24(32)18-29-26(27-4-2)28-17-22-16-25(33)31(19-22)14-13-21-9-6-5-7-10-21;/h1,5-12,15,22H,4,13-14,16-19H2,2H3,(H,30,32)(H2,27,28,29);1H. The second kappa shape index (κ2) is 14.3. The van der Waals surface area contributed by atoms with Gasteiger partial charge in [0.2, 0.25) is 11.8 Å². The molecule has 0 radical (unpaired) electrons. The Balaban J connectivity index is 0.00000408. The third kappa shape index (κ3) is 8.71. The maximum absolute atomic E-state index is 12.4. The molecule has 1 heterocycles. The topological polar surface area (TPSA) is 85.8 Å². The molecule has 8 heteroatoms. The van der Waals surface area contributed by atoms with E-state index in [9.17, 15) is 9.59 Å². The van der Waals surface area contributed by atoms with E-state index in [1.165, 1.54) is 5.56 Å². The van der Waals surface area contributed by atoms with Crippen molar-refractivity contribution in [2.24, 2.45) is 10.9 Å². The molecular weight excluding hydrogens is 541 g/mol. The second-order valence-corrected chi connectivity index (χ2v) is 7.99. The van der Waals surface area contributed by atoms with Crippen LogP contribution < -0.4 is 16.0 Å². The fourth-order valence-corrected chi connectivity index (χ4v) is 3.74. The number of amides is 2. The number of anilines is 1. The number of halogens is 1. The molecule has 0 bridgehead atoms. The Labute approximate surface area is 218 Å². The molecule has 1 fully saturated rings. The third-order valence-corrected chi connectivity index (χ3v) is 5.40. The second-order valence-electron chi connectivity index (χ2n) is 7.99. The third-order valence-electron chi connectivity index (χ3n) is 5.40. The highest BCUT2D eigenvalue weighted by Gasteiger charge is 2.29. The van der Waals surface area contributed by atoms with Gasteiger partial charge in [0.05, 0.1) is 0 Å². The monoisotopic (exact) mass is 573 g/mol. The molecule has 7 nitrogen and oxygen atoms in total. The number of benzene rings is 2. The molecule has 2 aromatic carbocycles. The summed E-state index contributed by atoms with van der Waals surface area (Å²) in [7, 11) is 0. The lowest BCUT2D eigenvalue weighted by atomic mass is 10.1. The van der Waals surface area contributed by atoms with E-state index in [0.717, 1.165) is 19.5 Å². The van der Waals surface area contributed by atoms with Crippen molar-refractivity contribution in [3.05, 3.63) is 65.7 Å². The van der Waals surface area contributed by atoms with Crippen LogP contribution in [0.1, 0.15) is 24.5 Å². The number of hydrogen-bond donors (Lipinski definition) is 3. The highest BCUT2D eigenvalue weighted by molar-refractivity contribution is 14.0. The van der Waals surface area contributed by atoms with Crippen molar-refractivity contribution in [3.8, 4) is 12.3 Å². The Morgan fingerprint density at radius 3 is 2.71 bits per heavy atom. The first kappa shape index (κ1) is 27.2. The first-order valence-corrected chi connectivity index (χ1v) is 11.3. The Kier molecular flexibility index (Phi) is 11.4. The van der Waals surface area contributed by atoms with Crippen LogP contribution >= 0.6 is 24.0 Å². The van der Waals surface area contributed by atoms with Crippen molar-refractivity contribution in [2.45, 2.75) is 19.8 Å². The van der Waals surface area contributed by atoms with E-state index in [2.05, 4.69) is 39.0 Å². The maximum Gasteiger partial charge on any atom is 0.246 e. The van der Waals surface area contributed by atoms with Crippen LogP contribution in [0.2, 0.25) is 0 Å². The predicted octanol–water partition coefficient (Wildman–Crippen LogP) is 2.87. The van der Waals surface area contributed by atoms with Crippen LogP contribution in [0.4, 0.5) is 5.69 Å². The minimum absolute atomic E-state index is 0. The molecule has 0 aliphatic carbocycles. The van der Waals surface area contributed by atoms with Gasteiger partial charge in [-0.3, -0.25) is 9.59 Å². The van der Waals surface area contributed by atoms with Crippen molar-refractivity contribution in [3.63, 3.8) is 0 Å². The molecule has 1 atom stereocenters. The SMILES string of the molecule is C#Cc1cccc(NC(=O)CN=C(NCC)NCC2CC(=O)N(CCc3ccccc3)C2)c1.I. The van der Waals surface area contributed by atoms with Gasteiger partial charge in [-0.05, 0) is 37.1 Å². The number of nitrogens with zero attached hydrogens (tertiary/aromatic N) is 2. The highest BCUT2D eigenvalue weighted by atomic mass is 127. The minimum atomic E-state index is -0.232. The van der Waals surface area contributed by atoms with Crippen molar-refractivity contribution in [1.82, 2.24) is 15.5 Å². The smallest absolute Gasteiger partial charge is 0.246 e. The van der Waals surface area contributed by atoms with Crippen LogP contribution in [0.15, 0.2) is 59.6 Å². The number of hydrogen-bond acceptors (Lipinski definition) is 3. The number of carbonyl (C=O) groups excluding carboxylic acids is 2. The van der Waals surface area contributed by atoms with Gasteiger partial charge in [0.1, 0.15) is 6.54 Å². The van der Waals surface area contributed by atoms with Gasteiger partial charge in [-0.15, -0.1) is 30.4 Å². The van der Waals surface area contributed by atoms with Crippen LogP contribution in [0.5, 0.6) is 0 Å². The molecule has 1 unspecified atom stereocenters. The number of terminal acetylenes is 1. The predicted molar refractivity (Wildman–Crippen MR) is 147 cm³/mol. The molecule has 0 spiro atoms. The Bertz CT molecular complexity index is 1020. The lowest BCUT2D eigenvalue weighted by Gasteiger charge is -2.18. The molecule has 1 aliphatic heterocycles. The van der Waals surface area contributed by atoms with E-state index < -0.39 is 0 Å². The number of nitrogens with one attached hydrogen (secondary N) is 3. The van der Waals surface area contributed by atoms with Gasteiger partial charge in [0, 0.05) is 49.8 Å². The Hall–Kier alpha value is -3.06. The van der Waals surface area contributed by atoms with Crippen LogP contribution in [-0.4, -0.2) is 55.4 Å². The molecule has 2 aromatic rings. The molecule has 34 heavy (non-hydrogen) atoms. The number of rotatable bonds is 9. The number of aliphatic imine (C=N–C) groups is 1. The lowest BCUT2D eigenvalue weighted by Crippen LogP contribution is -2.41. The van der Waals surface area contributed by atoms with E-state index in [1.54, 1.807) is 24.3 Å². The first-order chi connectivity index (χ1) is 16.1. The summed E-state index contributed by atoms with van der Waals surface area (Å²) in [6, 6.07) is 17.3. The number of carbonyl (C=O) groups is 2. The molecule has 0 saturated carbocycles. The summed E-state index contributed by atoms with van der Waals surface area (Å²) in [6.45, 7) is 4.68. The van der Waals surface area contributed by atoms with E-state index in [1.807, 2.05) is 30.0 Å². The average Bonchev–Trinajstić information content (AvgIpc) is 3.19. The van der Waals surface area contributed by atoms with E-state index in [4.69, 9.17) is 6.42 Å². The molecule has 1 aliphatic rings. The highest BCUT2D eigenvalue weighted by Crippen LogP contribution is 2.17. The quantitative estimate of drug-likeness (QED) is 0.187. The van der Waals surface area contributed by atoms with Crippen molar-refractivity contribution in [2.75, 3.05) is 38.0 Å². The van der Waals surface area contributed by atoms with Crippen molar-refractivity contribution < 1.29 is 9.59 Å². The average molecular weight is 573 g/mol. The summed E-state index contributed by atoms with van der Waals surface area (Å²) in [5.74, 6) is 3.27. The van der Waals surface area contributed by atoms with Crippen LogP contribution in [-0.2, 0) is 16.0 Å². The van der Waals surface area contributed by atoms with Crippen LogP contribution in [0.25, 0.3) is 0 Å². The fourth-order valence-electron chi connectivity index (χ4n) is 3.74. The summed E-state index contributed by atoms with van der Waals surface area (Å²) in [6.07, 6.45) is 6.78. The normalized spacial score (nSPS) is 15.3. The van der Waals surface area contributed by atoms with Gasteiger partial charge in [0.25, 0.3) is 0 Å². The number of guanidine groups is 1. The van der Waals surface area contributed by atoms with Gasteiger partial charge < -0.3 is 20.9 Å². The van der Waals surface area contributed by atoms with E-state index >= 15 is 0 Å². The van der Waals surface area contributed by atoms with Gasteiger partial charge in [-0.1, -0.05) is 42.3 Å². The van der Waals surface area contributed by atoms with Crippen molar-refractivity contribution in [1.29, 1.82) is 0 Å². The van der Waals surface area contributed by atoms with Gasteiger partial charge in [0.15, 0.2) is 5.96 Å². The minimum Gasteiger partial charge on any atom is -0.357 e. The first-order valence-electron chi connectivity index (χ1n) is 11.3. The summed E-state index contributed by atoms with van der Waals surface area (Å²) in [5.41, 5.74) is 2.58. The van der Waals surface area contributed by atoms with Gasteiger partial charge in [-0.25, -0.2) is 4.99 Å². The summed E-state index contributed by atoms with van der Waals surface area (Å²) < 4.78 is 0. The molecule has 0 aromatic heterocycles. The summed E-state index contributed by atoms with van der Waals surface area (Å²) in [4.78, 5) is 31.0. The lowest BCUT2D eigenvalue weighted by molar-refractivity contribution is -0.127. The fraction of sp³-hybridized carbons (Fsp3) is 0.346. The molecule has 2 amide bonds. The van der Waals surface area contributed by atoms with Crippen LogP contribution in [0, 0.1) is 18.3 Å². The summed E-state index contributed by atoms with van der Waals surface area (Å²) >= 11 is 0. The molecule has 3 N–H and O–H groups in total. The molecule has 1 saturated heterocycles. The summed E-state index contributed by atoms with van der Waals surface area (Å²) in [5, 5.41) is 9.22.